The van der Waals surface area contributed by atoms with Crippen molar-refractivity contribution in [3.8, 4) is 11.5 Å². The van der Waals surface area contributed by atoms with Crippen LogP contribution in [0.1, 0.15) is 16.7 Å². The molecule has 0 bridgehead atoms. The van der Waals surface area contributed by atoms with Crippen molar-refractivity contribution in [3.63, 3.8) is 0 Å². The van der Waals surface area contributed by atoms with Crippen molar-refractivity contribution in [3.05, 3.63) is 63.6 Å². The second kappa shape index (κ2) is 6.59. The van der Waals surface area contributed by atoms with E-state index in [0.717, 1.165) is 38.7 Å². The van der Waals surface area contributed by atoms with Crippen molar-refractivity contribution < 1.29 is 14.6 Å². The number of hydrogen-bond donors (Lipinski definition) is 1. The molecule has 2 aromatic rings. The third kappa shape index (κ3) is 4.20. The summed E-state index contributed by atoms with van der Waals surface area (Å²) >= 11 is 3.45. The Morgan fingerprint density at radius 1 is 1.10 bits per heavy atom. The van der Waals surface area contributed by atoms with Crippen LogP contribution >= 0.6 is 15.9 Å². The lowest BCUT2D eigenvalue weighted by Crippen LogP contribution is -1.89. The minimum absolute atomic E-state index is 0.724. The fraction of sp³-hybridized carbons (Fsp3) is 0.118. The smallest absolute Gasteiger partial charge is 0.328 e. The van der Waals surface area contributed by atoms with Crippen LogP contribution in [0.3, 0.4) is 0 Å². The van der Waals surface area contributed by atoms with Crippen LogP contribution < -0.4 is 4.74 Å². The van der Waals surface area contributed by atoms with Crippen LogP contribution in [0.4, 0.5) is 0 Å². The molecule has 0 spiro atoms. The number of rotatable bonds is 4. The number of aliphatic carboxylic acids is 1. The molecule has 1 N–H and O–H groups in total. The Balaban J connectivity index is 2.20. The maximum atomic E-state index is 10.5. The van der Waals surface area contributed by atoms with Gasteiger partial charge < -0.3 is 9.84 Å². The first kappa shape index (κ1) is 15.3. The summed E-state index contributed by atoms with van der Waals surface area (Å²) < 4.78 is 6.86. The molecule has 0 heterocycles. The molecule has 0 aromatic heterocycles. The summed E-state index contributed by atoms with van der Waals surface area (Å²) in [5.74, 6) is 0.533. The number of carboxylic acid groups (broad SMARTS) is 1. The highest BCUT2D eigenvalue weighted by Gasteiger charge is 2.03. The van der Waals surface area contributed by atoms with Gasteiger partial charge in [-0.25, -0.2) is 4.79 Å². The molecular weight excluding hydrogens is 332 g/mol. The van der Waals surface area contributed by atoms with Gasteiger partial charge in [0.15, 0.2) is 0 Å². The highest BCUT2D eigenvalue weighted by atomic mass is 79.9. The van der Waals surface area contributed by atoms with Gasteiger partial charge in [-0.2, -0.15) is 0 Å². The first-order valence-corrected chi connectivity index (χ1v) is 7.20. The zero-order chi connectivity index (χ0) is 15.4. The lowest BCUT2D eigenvalue weighted by molar-refractivity contribution is -0.131. The summed E-state index contributed by atoms with van der Waals surface area (Å²) in [6.45, 7) is 3.92. The van der Waals surface area contributed by atoms with E-state index < -0.39 is 5.97 Å². The van der Waals surface area contributed by atoms with Crippen molar-refractivity contribution in [2.75, 3.05) is 0 Å². The summed E-state index contributed by atoms with van der Waals surface area (Å²) in [5, 5.41) is 8.65. The zero-order valence-electron chi connectivity index (χ0n) is 11.8. The minimum Gasteiger partial charge on any atom is -0.478 e. The number of carbonyl (C=O) groups is 1. The van der Waals surface area contributed by atoms with Gasteiger partial charge in [0.25, 0.3) is 0 Å². The third-order valence-corrected chi connectivity index (χ3v) is 3.90. The molecule has 0 aliphatic carbocycles. The maximum absolute atomic E-state index is 10.5. The van der Waals surface area contributed by atoms with E-state index in [2.05, 4.69) is 15.9 Å². The van der Waals surface area contributed by atoms with Gasteiger partial charge in [0.2, 0.25) is 0 Å². The number of aryl methyl sites for hydroxylation is 2. The normalized spacial score (nSPS) is 10.8. The maximum Gasteiger partial charge on any atom is 0.328 e. The second-order valence-corrected chi connectivity index (χ2v) is 5.56. The third-order valence-electron chi connectivity index (χ3n) is 3.01. The van der Waals surface area contributed by atoms with Gasteiger partial charge in [-0.15, -0.1) is 0 Å². The fourth-order valence-corrected chi connectivity index (χ4v) is 2.12. The summed E-state index contributed by atoms with van der Waals surface area (Å²) in [6, 6.07) is 11.4. The second-order valence-electron chi connectivity index (χ2n) is 4.70. The lowest BCUT2D eigenvalue weighted by atomic mass is 10.1. The van der Waals surface area contributed by atoms with E-state index >= 15 is 0 Å². The van der Waals surface area contributed by atoms with Crippen LogP contribution in [0, 0.1) is 13.8 Å². The Morgan fingerprint density at radius 3 is 2.29 bits per heavy atom. The van der Waals surface area contributed by atoms with Crippen LogP contribution in [0.2, 0.25) is 0 Å². The number of ether oxygens (including phenoxy) is 1. The van der Waals surface area contributed by atoms with E-state index in [0.29, 0.717) is 0 Å². The highest BCUT2D eigenvalue weighted by molar-refractivity contribution is 9.10. The summed E-state index contributed by atoms with van der Waals surface area (Å²) in [7, 11) is 0. The van der Waals surface area contributed by atoms with Gasteiger partial charge in [-0.05, 0) is 66.9 Å². The molecule has 0 saturated heterocycles. The van der Waals surface area contributed by atoms with Crippen molar-refractivity contribution in [2.24, 2.45) is 0 Å². The predicted molar refractivity (Wildman–Crippen MR) is 86.8 cm³/mol. The van der Waals surface area contributed by atoms with Crippen molar-refractivity contribution >= 4 is 28.0 Å². The molecule has 0 unspecified atom stereocenters. The van der Waals surface area contributed by atoms with Crippen molar-refractivity contribution in [2.45, 2.75) is 13.8 Å². The Labute approximate surface area is 132 Å². The van der Waals surface area contributed by atoms with E-state index in [1.165, 1.54) is 0 Å². The number of carboxylic acids is 1. The van der Waals surface area contributed by atoms with E-state index in [1.54, 1.807) is 6.08 Å². The number of halogens is 1. The molecule has 0 saturated carbocycles. The minimum atomic E-state index is -0.958. The largest absolute Gasteiger partial charge is 0.478 e. The van der Waals surface area contributed by atoms with Crippen LogP contribution in [0.25, 0.3) is 6.08 Å². The Hall–Kier alpha value is -2.07. The summed E-state index contributed by atoms with van der Waals surface area (Å²) in [5.41, 5.74) is 2.92. The fourth-order valence-electron chi connectivity index (χ4n) is 1.88. The molecule has 4 heteroatoms. The van der Waals surface area contributed by atoms with Crippen molar-refractivity contribution in [1.29, 1.82) is 0 Å². The Morgan fingerprint density at radius 2 is 1.71 bits per heavy atom. The van der Waals surface area contributed by atoms with Gasteiger partial charge in [0.05, 0.1) is 0 Å². The van der Waals surface area contributed by atoms with Gasteiger partial charge in [-0.3, -0.25) is 0 Å². The molecule has 21 heavy (non-hydrogen) atoms. The monoisotopic (exact) mass is 346 g/mol. The summed E-state index contributed by atoms with van der Waals surface area (Å²) in [4.78, 5) is 10.5. The topological polar surface area (TPSA) is 46.5 Å². The lowest BCUT2D eigenvalue weighted by Gasteiger charge is -2.09. The van der Waals surface area contributed by atoms with E-state index in [-0.39, 0.29) is 0 Å². The van der Waals surface area contributed by atoms with Gasteiger partial charge >= 0.3 is 5.97 Å². The first-order valence-electron chi connectivity index (χ1n) is 6.41. The average molecular weight is 347 g/mol. The molecule has 2 rings (SSSR count). The molecule has 0 radical (unpaired) electrons. The molecular formula is C17H15BrO3. The predicted octanol–water partition coefficient (Wildman–Crippen LogP) is 4.96. The van der Waals surface area contributed by atoms with Gasteiger partial charge in [0.1, 0.15) is 11.5 Å². The van der Waals surface area contributed by atoms with Crippen molar-refractivity contribution in [1.82, 2.24) is 0 Å². The average Bonchev–Trinajstić information content (AvgIpc) is 2.42. The quantitative estimate of drug-likeness (QED) is 0.796. The Kier molecular flexibility index (Phi) is 4.81. The summed E-state index contributed by atoms with van der Waals surface area (Å²) in [6.07, 6.45) is 2.70. The molecule has 0 fully saturated rings. The van der Waals surface area contributed by atoms with Crippen LogP contribution in [0.15, 0.2) is 46.9 Å². The van der Waals surface area contributed by atoms with E-state index in [4.69, 9.17) is 9.84 Å². The molecule has 108 valence electrons. The van der Waals surface area contributed by atoms with Gasteiger partial charge in [0, 0.05) is 10.5 Å². The highest BCUT2D eigenvalue weighted by Crippen LogP contribution is 2.27. The van der Waals surface area contributed by atoms with Gasteiger partial charge in [-0.1, -0.05) is 22.0 Å². The van der Waals surface area contributed by atoms with Crippen LogP contribution in [-0.4, -0.2) is 11.1 Å². The molecule has 0 aliphatic heterocycles. The SMILES string of the molecule is Cc1cc(Oc2ccc(/C=C/C(=O)O)c(C)c2)ccc1Br. The standard InChI is InChI=1S/C17H15BrO3/c1-11-9-14(5-3-13(11)4-8-17(19)20)21-15-6-7-16(18)12(2)10-15/h3-10H,1-2H3,(H,19,20)/b8-4+. The molecule has 0 atom stereocenters. The zero-order valence-corrected chi connectivity index (χ0v) is 13.3. The van der Waals surface area contributed by atoms with Crippen LogP contribution in [0.5, 0.6) is 11.5 Å². The molecule has 3 nitrogen and oxygen atoms in total. The van der Waals surface area contributed by atoms with E-state index in [1.807, 2.05) is 50.2 Å². The molecule has 0 amide bonds. The van der Waals surface area contributed by atoms with Crippen LogP contribution in [-0.2, 0) is 4.79 Å². The van der Waals surface area contributed by atoms with E-state index in [9.17, 15) is 4.79 Å². The molecule has 2 aromatic carbocycles. The Bertz CT molecular complexity index is 705. The number of hydrogen-bond acceptors (Lipinski definition) is 2. The first-order chi connectivity index (χ1) is 9.95. The number of benzene rings is 2. The molecule has 0 aliphatic rings.